The van der Waals surface area contributed by atoms with E-state index in [4.69, 9.17) is 5.73 Å². The minimum Gasteiger partial charge on any atom is -0.365 e. The summed E-state index contributed by atoms with van der Waals surface area (Å²) in [6.45, 7) is 0. The van der Waals surface area contributed by atoms with Crippen LogP contribution in [-0.4, -0.2) is 17.7 Å². The van der Waals surface area contributed by atoms with Crippen LogP contribution in [0.5, 0.6) is 0 Å². The molecule has 0 spiro atoms. The van der Waals surface area contributed by atoms with Gasteiger partial charge >= 0.3 is 0 Å². The van der Waals surface area contributed by atoms with Crippen molar-refractivity contribution in [3.8, 4) is 0 Å². The number of primary amides is 1. The number of aryl methyl sites for hydroxylation is 1. The van der Waals surface area contributed by atoms with E-state index in [-0.39, 0.29) is 18.2 Å². The van der Waals surface area contributed by atoms with Gasteiger partial charge in [0.05, 0.1) is 12.0 Å². The van der Waals surface area contributed by atoms with Gasteiger partial charge in [0.25, 0.3) is 11.8 Å². The minimum absolute atomic E-state index is 0.0745. The number of amides is 3. The molecule has 1 aromatic heterocycles. The van der Waals surface area contributed by atoms with E-state index < -0.39 is 5.91 Å². The van der Waals surface area contributed by atoms with Crippen LogP contribution >= 0.6 is 11.3 Å². The number of carbonyl (C=O) groups is 3. The van der Waals surface area contributed by atoms with Gasteiger partial charge in [-0.25, -0.2) is 0 Å². The van der Waals surface area contributed by atoms with E-state index >= 15 is 0 Å². The second-order valence-corrected chi connectivity index (χ2v) is 7.44. The molecule has 0 radical (unpaired) electrons. The molecule has 2 aromatic rings. The normalized spacial score (nSPS) is 15.3. The first-order chi connectivity index (χ1) is 12.0. The molecule has 0 saturated carbocycles. The zero-order chi connectivity index (χ0) is 17.6. The van der Waals surface area contributed by atoms with Crippen LogP contribution in [0.15, 0.2) is 18.2 Å². The largest absolute Gasteiger partial charge is 0.365 e. The third kappa shape index (κ3) is 2.80. The maximum atomic E-state index is 12.6. The number of nitrogens with one attached hydrogen (secondary N) is 2. The maximum Gasteiger partial charge on any atom is 0.256 e. The van der Waals surface area contributed by atoms with Crippen LogP contribution in [0.25, 0.3) is 0 Å². The number of fused-ring (bicyclic) bond motifs is 2. The number of hydrogen-bond donors (Lipinski definition) is 3. The first-order valence-electron chi connectivity index (χ1n) is 8.21. The summed E-state index contributed by atoms with van der Waals surface area (Å²) in [6, 6.07) is 5.10. The molecule has 0 saturated heterocycles. The molecule has 128 valence electrons. The van der Waals surface area contributed by atoms with Crippen molar-refractivity contribution in [3.63, 3.8) is 0 Å². The van der Waals surface area contributed by atoms with Crippen LogP contribution < -0.4 is 16.4 Å². The number of rotatable bonds is 3. The lowest BCUT2D eigenvalue weighted by molar-refractivity contribution is -0.115. The highest BCUT2D eigenvalue weighted by molar-refractivity contribution is 7.17. The third-order valence-corrected chi connectivity index (χ3v) is 5.84. The van der Waals surface area contributed by atoms with Crippen molar-refractivity contribution in [2.75, 3.05) is 10.6 Å². The average Bonchev–Trinajstić information content (AvgIpc) is 3.12. The van der Waals surface area contributed by atoms with Gasteiger partial charge in [0.1, 0.15) is 5.00 Å². The maximum absolute atomic E-state index is 12.6. The summed E-state index contributed by atoms with van der Waals surface area (Å²) in [6.07, 6.45) is 4.14. The molecule has 3 amide bonds. The molecule has 1 aromatic carbocycles. The minimum atomic E-state index is -0.501. The van der Waals surface area contributed by atoms with E-state index in [1.165, 1.54) is 11.3 Å². The van der Waals surface area contributed by atoms with Gasteiger partial charge in [0.15, 0.2) is 0 Å². The average molecular weight is 355 g/mol. The van der Waals surface area contributed by atoms with Crippen LogP contribution in [0.2, 0.25) is 0 Å². The Hall–Kier alpha value is -2.67. The Morgan fingerprint density at radius 3 is 2.80 bits per heavy atom. The van der Waals surface area contributed by atoms with Gasteiger partial charge < -0.3 is 16.4 Å². The van der Waals surface area contributed by atoms with E-state index in [1.54, 1.807) is 18.2 Å². The molecular formula is C18H17N3O3S. The molecule has 6 nitrogen and oxygen atoms in total. The standard InChI is InChI=1S/C18H17N3O3S/c19-16(23)15-11-3-1-2-4-13(11)25-18(15)21-17(24)9-5-6-12-10(7-9)8-14(22)20-12/h5-7H,1-4,8H2,(H2,19,23)(H,20,22)(H,21,24). The van der Waals surface area contributed by atoms with Crippen molar-refractivity contribution in [1.29, 1.82) is 0 Å². The summed E-state index contributed by atoms with van der Waals surface area (Å²) in [5, 5.41) is 6.11. The Labute approximate surface area is 148 Å². The molecule has 1 aliphatic heterocycles. The highest BCUT2D eigenvalue weighted by Gasteiger charge is 2.26. The monoisotopic (exact) mass is 355 g/mol. The predicted molar refractivity (Wildman–Crippen MR) is 96.2 cm³/mol. The molecule has 0 atom stereocenters. The Kier molecular flexibility index (Phi) is 3.80. The van der Waals surface area contributed by atoms with Gasteiger partial charge in [0, 0.05) is 16.1 Å². The predicted octanol–water partition coefficient (Wildman–Crippen LogP) is 2.47. The summed E-state index contributed by atoms with van der Waals surface area (Å²) in [5.74, 6) is -0.879. The highest BCUT2D eigenvalue weighted by Crippen LogP contribution is 2.38. The quantitative estimate of drug-likeness (QED) is 0.788. The third-order valence-electron chi connectivity index (χ3n) is 4.64. The number of anilines is 2. The lowest BCUT2D eigenvalue weighted by Gasteiger charge is -2.11. The Bertz CT molecular complexity index is 917. The van der Waals surface area contributed by atoms with Crippen molar-refractivity contribution in [3.05, 3.63) is 45.3 Å². The molecule has 2 aliphatic rings. The van der Waals surface area contributed by atoms with Crippen molar-refractivity contribution >= 4 is 39.7 Å². The highest BCUT2D eigenvalue weighted by atomic mass is 32.1. The van der Waals surface area contributed by atoms with Crippen molar-refractivity contribution in [1.82, 2.24) is 0 Å². The van der Waals surface area contributed by atoms with Gasteiger partial charge in [-0.15, -0.1) is 11.3 Å². The molecule has 0 bridgehead atoms. The lowest BCUT2D eigenvalue weighted by Crippen LogP contribution is -2.18. The number of hydrogen-bond acceptors (Lipinski definition) is 4. The number of benzene rings is 1. The van der Waals surface area contributed by atoms with Gasteiger partial charge in [-0.1, -0.05) is 0 Å². The number of carbonyl (C=O) groups excluding carboxylic acids is 3. The van der Waals surface area contributed by atoms with E-state index in [0.29, 0.717) is 16.1 Å². The molecule has 2 heterocycles. The fourth-order valence-electron chi connectivity index (χ4n) is 3.46. The van der Waals surface area contributed by atoms with Gasteiger partial charge in [-0.3, -0.25) is 14.4 Å². The van der Waals surface area contributed by atoms with Crippen LogP contribution in [0.3, 0.4) is 0 Å². The van der Waals surface area contributed by atoms with E-state index in [2.05, 4.69) is 10.6 Å². The molecule has 4 N–H and O–H groups in total. The Morgan fingerprint density at radius 1 is 1.20 bits per heavy atom. The molecule has 7 heteroatoms. The second-order valence-electron chi connectivity index (χ2n) is 6.33. The topological polar surface area (TPSA) is 101 Å². The van der Waals surface area contributed by atoms with E-state index in [0.717, 1.165) is 47.4 Å². The molecular weight excluding hydrogens is 338 g/mol. The van der Waals surface area contributed by atoms with E-state index in [1.807, 2.05) is 0 Å². The zero-order valence-electron chi connectivity index (χ0n) is 13.5. The van der Waals surface area contributed by atoms with Gasteiger partial charge in [-0.05, 0) is 55.0 Å². The van der Waals surface area contributed by atoms with Crippen LogP contribution in [0.4, 0.5) is 10.7 Å². The molecule has 0 unspecified atom stereocenters. The lowest BCUT2D eigenvalue weighted by atomic mass is 9.95. The van der Waals surface area contributed by atoms with Gasteiger partial charge in [-0.2, -0.15) is 0 Å². The molecule has 25 heavy (non-hydrogen) atoms. The van der Waals surface area contributed by atoms with Crippen LogP contribution in [-0.2, 0) is 24.1 Å². The Balaban J connectivity index is 1.63. The van der Waals surface area contributed by atoms with Crippen molar-refractivity contribution in [2.45, 2.75) is 32.1 Å². The fourth-order valence-corrected chi connectivity index (χ4v) is 4.75. The number of nitrogens with two attached hydrogens (primary N) is 1. The van der Waals surface area contributed by atoms with Crippen LogP contribution in [0.1, 0.15) is 49.6 Å². The summed E-state index contributed by atoms with van der Waals surface area (Å²) in [5.41, 5.74) is 9.00. The fraction of sp³-hybridized carbons (Fsp3) is 0.278. The molecule has 1 aliphatic carbocycles. The summed E-state index contributed by atoms with van der Waals surface area (Å²) in [7, 11) is 0. The smallest absolute Gasteiger partial charge is 0.256 e. The summed E-state index contributed by atoms with van der Waals surface area (Å²) >= 11 is 1.44. The van der Waals surface area contributed by atoms with Gasteiger partial charge in [0.2, 0.25) is 5.91 Å². The first-order valence-corrected chi connectivity index (χ1v) is 9.03. The SMILES string of the molecule is NC(=O)c1c(NC(=O)c2ccc3c(c2)CC(=O)N3)sc2c1CCCC2. The van der Waals surface area contributed by atoms with E-state index in [9.17, 15) is 14.4 Å². The summed E-state index contributed by atoms with van der Waals surface area (Å²) < 4.78 is 0. The molecule has 0 fully saturated rings. The van der Waals surface area contributed by atoms with Crippen LogP contribution in [0, 0.1) is 0 Å². The first kappa shape index (κ1) is 15.8. The second kappa shape index (κ2) is 6.00. The van der Waals surface area contributed by atoms with Crippen molar-refractivity contribution in [2.24, 2.45) is 5.73 Å². The zero-order valence-corrected chi connectivity index (χ0v) is 14.3. The number of thiophene rings is 1. The molecule has 4 rings (SSSR count). The Morgan fingerprint density at radius 2 is 2.00 bits per heavy atom. The van der Waals surface area contributed by atoms with Crippen molar-refractivity contribution < 1.29 is 14.4 Å². The summed E-state index contributed by atoms with van der Waals surface area (Å²) in [4.78, 5) is 37.1.